The number of urea groups is 1. The van der Waals surface area contributed by atoms with Gasteiger partial charge < -0.3 is 20.5 Å². The van der Waals surface area contributed by atoms with Crippen molar-refractivity contribution in [2.45, 2.75) is 31.4 Å². The van der Waals surface area contributed by atoms with Crippen molar-refractivity contribution >= 4 is 11.7 Å². The molecular weight excluding hydrogens is 232 g/mol. The van der Waals surface area contributed by atoms with Crippen LogP contribution in [0, 0.1) is 0 Å². The van der Waals surface area contributed by atoms with E-state index >= 15 is 0 Å². The third-order valence-corrected chi connectivity index (χ3v) is 3.12. The van der Waals surface area contributed by atoms with Gasteiger partial charge in [-0.15, -0.1) is 0 Å². The molecule has 1 aliphatic rings. The summed E-state index contributed by atoms with van der Waals surface area (Å²) in [5.41, 5.74) is 0.666. The predicted molar refractivity (Wildman–Crippen MR) is 68.8 cm³/mol. The Kier molecular flexibility index (Phi) is 4.04. The zero-order chi connectivity index (χ0) is 13.0. The molecule has 0 heterocycles. The zero-order valence-corrected chi connectivity index (χ0v) is 10.3. The van der Waals surface area contributed by atoms with Crippen LogP contribution < -0.4 is 15.4 Å². The molecule has 5 heteroatoms. The summed E-state index contributed by atoms with van der Waals surface area (Å²) in [5.74, 6) is 0.689. The molecule has 1 aromatic rings. The summed E-state index contributed by atoms with van der Waals surface area (Å²) < 4.78 is 5.08. The van der Waals surface area contributed by atoms with E-state index in [-0.39, 0.29) is 12.1 Å². The molecule has 98 valence electrons. The van der Waals surface area contributed by atoms with E-state index in [1.54, 1.807) is 25.3 Å². The topological polar surface area (TPSA) is 70.6 Å². The maximum atomic E-state index is 11.7. The minimum Gasteiger partial charge on any atom is -0.497 e. The van der Waals surface area contributed by atoms with Gasteiger partial charge in [0.25, 0.3) is 0 Å². The van der Waals surface area contributed by atoms with Crippen molar-refractivity contribution in [2.75, 3.05) is 12.4 Å². The molecule has 1 saturated carbocycles. The average molecular weight is 250 g/mol. The summed E-state index contributed by atoms with van der Waals surface area (Å²) in [4.78, 5) is 11.7. The van der Waals surface area contributed by atoms with Crippen LogP contribution in [0.5, 0.6) is 5.75 Å². The van der Waals surface area contributed by atoms with E-state index < -0.39 is 6.10 Å². The lowest BCUT2D eigenvalue weighted by molar-refractivity contribution is 0.151. The molecule has 1 aromatic carbocycles. The van der Waals surface area contributed by atoms with Crippen LogP contribution in [0.15, 0.2) is 24.3 Å². The number of anilines is 1. The Labute approximate surface area is 106 Å². The van der Waals surface area contributed by atoms with Crippen LogP contribution in [-0.2, 0) is 0 Å². The number of carbonyl (C=O) groups excluding carboxylic acids is 1. The van der Waals surface area contributed by atoms with Crippen LogP contribution in [0.4, 0.5) is 10.5 Å². The molecule has 5 nitrogen and oxygen atoms in total. The molecule has 3 N–H and O–H groups in total. The molecule has 0 bridgehead atoms. The zero-order valence-electron chi connectivity index (χ0n) is 10.3. The smallest absolute Gasteiger partial charge is 0.319 e. The lowest BCUT2D eigenvalue weighted by atomic mass is 10.2. The fraction of sp³-hybridized carbons (Fsp3) is 0.462. The number of nitrogens with one attached hydrogen (secondary N) is 2. The molecule has 2 amide bonds. The molecule has 18 heavy (non-hydrogen) atoms. The number of hydrogen-bond acceptors (Lipinski definition) is 3. The minimum absolute atomic E-state index is 0.143. The maximum Gasteiger partial charge on any atom is 0.319 e. The summed E-state index contributed by atoms with van der Waals surface area (Å²) in [6.45, 7) is 0. The number of amides is 2. The highest BCUT2D eigenvalue weighted by atomic mass is 16.5. The molecule has 1 fully saturated rings. The largest absolute Gasteiger partial charge is 0.497 e. The van der Waals surface area contributed by atoms with Gasteiger partial charge in [-0.1, -0.05) is 6.07 Å². The highest BCUT2D eigenvalue weighted by molar-refractivity contribution is 5.89. The van der Waals surface area contributed by atoms with Crippen molar-refractivity contribution in [3.63, 3.8) is 0 Å². The Morgan fingerprint density at radius 1 is 1.44 bits per heavy atom. The van der Waals surface area contributed by atoms with Gasteiger partial charge in [-0.2, -0.15) is 0 Å². The summed E-state index contributed by atoms with van der Waals surface area (Å²) in [6.07, 6.45) is 2.10. The molecule has 2 rings (SSSR count). The van der Waals surface area contributed by atoms with Crippen molar-refractivity contribution in [1.82, 2.24) is 5.32 Å². The highest BCUT2D eigenvalue weighted by Gasteiger charge is 2.26. The van der Waals surface area contributed by atoms with Crippen LogP contribution in [-0.4, -0.2) is 30.4 Å². The van der Waals surface area contributed by atoms with Crippen LogP contribution in [0.1, 0.15) is 19.3 Å². The van der Waals surface area contributed by atoms with Crippen LogP contribution in [0.2, 0.25) is 0 Å². The third kappa shape index (κ3) is 3.13. The Hall–Kier alpha value is -1.75. The monoisotopic (exact) mass is 250 g/mol. The molecular formula is C13H18N2O3. The highest BCUT2D eigenvalue weighted by Crippen LogP contribution is 2.19. The number of aliphatic hydroxyl groups excluding tert-OH is 1. The maximum absolute atomic E-state index is 11.7. The van der Waals surface area contributed by atoms with Crippen LogP contribution >= 0.6 is 0 Å². The minimum atomic E-state index is -0.430. The molecule has 0 saturated heterocycles. The van der Waals surface area contributed by atoms with Crippen LogP contribution in [0.3, 0.4) is 0 Å². The number of methoxy groups -OCH3 is 1. The summed E-state index contributed by atoms with van der Waals surface area (Å²) in [7, 11) is 1.58. The van der Waals surface area contributed by atoms with Gasteiger partial charge >= 0.3 is 6.03 Å². The number of hydrogen-bond donors (Lipinski definition) is 3. The second kappa shape index (κ2) is 5.73. The van der Waals surface area contributed by atoms with Gasteiger partial charge in [0.05, 0.1) is 19.3 Å². The van der Waals surface area contributed by atoms with Crippen molar-refractivity contribution in [1.29, 1.82) is 0 Å². The van der Waals surface area contributed by atoms with Gasteiger partial charge in [-0.3, -0.25) is 0 Å². The Morgan fingerprint density at radius 2 is 2.28 bits per heavy atom. The second-order valence-corrected chi connectivity index (χ2v) is 4.44. The van der Waals surface area contributed by atoms with Crippen molar-refractivity contribution < 1.29 is 14.6 Å². The standard InChI is InChI=1S/C13H18N2O3/c1-18-10-5-2-4-9(8-10)14-13(17)15-11-6-3-7-12(11)16/h2,4-5,8,11-12,16H,3,6-7H2,1H3,(H2,14,15,17). The lowest BCUT2D eigenvalue weighted by Gasteiger charge is -2.17. The number of rotatable bonds is 3. The van der Waals surface area contributed by atoms with E-state index in [9.17, 15) is 9.90 Å². The van der Waals surface area contributed by atoms with Crippen molar-refractivity contribution in [2.24, 2.45) is 0 Å². The fourth-order valence-corrected chi connectivity index (χ4v) is 2.15. The van der Waals surface area contributed by atoms with Gasteiger partial charge in [0.1, 0.15) is 5.75 Å². The predicted octanol–water partition coefficient (Wildman–Crippen LogP) is 1.73. The summed E-state index contributed by atoms with van der Waals surface area (Å²) in [6, 6.07) is 6.70. The van der Waals surface area contributed by atoms with E-state index in [4.69, 9.17) is 4.74 Å². The Bertz CT molecular complexity index is 422. The van der Waals surface area contributed by atoms with Crippen LogP contribution in [0.25, 0.3) is 0 Å². The first-order valence-electron chi connectivity index (χ1n) is 6.08. The SMILES string of the molecule is COc1cccc(NC(=O)NC2CCCC2O)c1. The first kappa shape index (κ1) is 12.7. The van der Waals surface area contributed by atoms with Gasteiger partial charge in [0.15, 0.2) is 0 Å². The van der Waals surface area contributed by atoms with Gasteiger partial charge in [0, 0.05) is 11.8 Å². The van der Waals surface area contributed by atoms with Gasteiger partial charge in [0.2, 0.25) is 0 Å². The van der Waals surface area contributed by atoms with Gasteiger partial charge in [-0.05, 0) is 31.4 Å². The average Bonchev–Trinajstić information content (AvgIpc) is 2.75. The molecule has 2 atom stereocenters. The fourth-order valence-electron chi connectivity index (χ4n) is 2.15. The molecule has 1 aliphatic carbocycles. The lowest BCUT2D eigenvalue weighted by Crippen LogP contribution is -2.42. The first-order chi connectivity index (χ1) is 8.69. The number of ether oxygens (including phenoxy) is 1. The van der Waals surface area contributed by atoms with E-state index in [2.05, 4.69) is 10.6 Å². The van der Waals surface area contributed by atoms with Crippen molar-refractivity contribution in [3.05, 3.63) is 24.3 Å². The molecule has 2 unspecified atom stereocenters. The normalized spacial score (nSPS) is 22.6. The quantitative estimate of drug-likeness (QED) is 0.765. The number of carbonyl (C=O) groups is 1. The first-order valence-corrected chi connectivity index (χ1v) is 6.08. The molecule has 0 spiro atoms. The van der Waals surface area contributed by atoms with E-state index in [1.165, 1.54) is 0 Å². The molecule has 0 radical (unpaired) electrons. The van der Waals surface area contributed by atoms with E-state index in [1.807, 2.05) is 6.07 Å². The third-order valence-electron chi connectivity index (χ3n) is 3.12. The summed E-state index contributed by atoms with van der Waals surface area (Å²) in [5, 5.41) is 15.1. The second-order valence-electron chi connectivity index (χ2n) is 4.44. The molecule has 0 aliphatic heterocycles. The summed E-state index contributed by atoms with van der Waals surface area (Å²) >= 11 is 0. The number of benzene rings is 1. The molecule has 0 aromatic heterocycles. The van der Waals surface area contributed by atoms with E-state index in [0.717, 1.165) is 19.3 Å². The van der Waals surface area contributed by atoms with E-state index in [0.29, 0.717) is 11.4 Å². The Balaban J connectivity index is 1.90. The number of aliphatic hydroxyl groups is 1. The van der Waals surface area contributed by atoms with Crippen molar-refractivity contribution in [3.8, 4) is 5.75 Å². The van der Waals surface area contributed by atoms with Gasteiger partial charge in [-0.25, -0.2) is 4.79 Å². The Morgan fingerprint density at radius 3 is 2.94 bits per heavy atom.